The molecule has 0 saturated heterocycles. The van der Waals surface area contributed by atoms with Gasteiger partial charge in [0, 0.05) is 13.2 Å². The van der Waals surface area contributed by atoms with Crippen molar-refractivity contribution in [2.75, 3.05) is 27.4 Å². The fourth-order valence-corrected chi connectivity index (χ4v) is 2.47. The maximum atomic E-state index is 12.3. The van der Waals surface area contributed by atoms with E-state index >= 15 is 0 Å². The Labute approximate surface area is 115 Å². The van der Waals surface area contributed by atoms with Crippen LogP contribution in [0.2, 0.25) is 0 Å². The Bertz CT molecular complexity index is 315. The Balaban J connectivity index is 2.00. The lowest BCUT2D eigenvalue weighted by atomic mass is 9.93. The highest BCUT2D eigenvalue weighted by atomic mass is 16.5. The molecule has 2 rings (SSSR count). The molecule has 1 N–H and O–H groups in total. The number of carbonyl (C=O) groups is 1. The van der Waals surface area contributed by atoms with Crippen molar-refractivity contribution in [2.45, 2.75) is 50.3 Å². The second-order valence-corrected chi connectivity index (χ2v) is 5.73. The SMILES string of the molecule is COCC(C)OCC(NC1CC1)(C(=O)OC)C1CC1. The Morgan fingerprint density at radius 2 is 2.00 bits per heavy atom. The summed E-state index contributed by atoms with van der Waals surface area (Å²) in [5.41, 5.74) is -0.655. The van der Waals surface area contributed by atoms with Crippen LogP contribution in [-0.2, 0) is 19.0 Å². The highest BCUT2D eigenvalue weighted by Gasteiger charge is 2.54. The summed E-state index contributed by atoms with van der Waals surface area (Å²) in [6, 6.07) is 0.445. The first-order chi connectivity index (χ1) is 9.12. The minimum absolute atomic E-state index is 0.0196. The zero-order valence-electron chi connectivity index (χ0n) is 12.1. The van der Waals surface area contributed by atoms with Crippen LogP contribution in [0.25, 0.3) is 0 Å². The van der Waals surface area contributed by atoms with Crippen molar-refractivity contribution in [2.24, 2.45) is 5.92 Å². The van der Waals surface area contributed by atoms with Gasteiger partial charge in [0.2, 0.25) is 0 Å². The number of esters is 1. The van der Waals surface area contributed by atoms with Gasteiger partial charge in [-0.1, -0.05) is 0 Å². The first-order valence-electron chi connectivity index (χ1n) is 7.09. The summed E-state index contributed by atoms with van der Waals surface area (Å²) < 4.78 is 15.9. The van der Waals surface area contributed by atoms with E-state index in [4.69, 9.17) is 14.2 Å². The molecule has 2 saturated carbocycles. The number of carbonyl (C=O) groups excluding carboxylic acids is 1. The van der Waals surface area contributed by atoms with Gasteiger partial charge in [0.15, 0.2) is 0 Å². The fourth-order valence-electron chi connectivity index (χ4n) is 2.47. The Hall–Kier alpha value is -0.650. The van der Waals surface area contributed by atoms with Crippen molar-refractivity contribution in [3.05, 3.63) is 0 Å². The molecule has 2 atom stereocenters. The fraction of sp³-hybridized carbons (Fsp3) is 0.929. The van der Waals surface area contributed by atoms with E-state index < -0.39 is 5.54 Å². The Morgan fingerprint density at radius 1 is 1.32 bits per heavy atom. The van der Waals surface area contributed by atoms with Crippen LogP contribution in [0.15, 0.2) is 0 Å². The van der Waals surface area contributed by atoms with Crippen molar-refractivity contribution in [3.63, 3.8) is 0 Å². The van der Waals surface area contributed by atoms with Gasteiger partial charge in [0.05, 0.1) is 26.4 Å². The van der Waals surface area contributed by atoms with E-state index in [0.717, 1.165) is 25.7 Å². The minimum Gasteiger partial charge on any atom is -0.468 e. The minimum atomic E-state index is -0.655. The van der Waals surface area contributed by atoms with Crippen LogP contribution in [0.4, 0.5) is 0 Å². The molecule has 5 nitrogen and oxygen atoms in total. The van der Waals surface area contributed by atoms with Gasteiger partial charge in [-0.2, -0.15) is 0 Å². The third kappa shape index (κ3) is 3.68. The van der Waals surface area contributed by atoms with Crippen LogP contribution in [0.3, 0.4) is 0 Å². The average molecular weight is 271 g/mol. The number of hydrogen-bond donors (Lipinski definition) is 1. The van der Waals surface area contributed by atoms with E-state index in [1.807, 2.05) is 6.92 Å². The zero-order valence-corrected chi connectivity index (χ0v) is 12.1. The molecular weight excluding hydrogens is 246 g/mol. The van der Waals surface area contributed by atoms with Crippen molar-refractivity contribution in [3.8, 4) is 0 Å². The number of nitrogens with one attached hydrogen (secondary N) is 1. The molecule has 2 fully saturated rings. The molecule has 0 spiro atoms. The van der Waals surface area contributed by atoms with Crippen LogP contribution in [-0.4, -0.2) is 51.1 Å². The summed E-state index contributed by atoms with van der Waals surface area (Å²) >= 11 is 0. The molecule has 2 aliphatic carbocycles. The van der Waals surface area contributed by atoms with Gasteiger partial charge in [-0.05, 0) is 38.5 Å². The monoisotopic (exact) mass is 271 g/mol. The highest BCUT2D eigenvalue weighted by molar-refractivity contribution is 5.82. The van der Waals surface area contributed by atoms with Crippen molar-refractivity contribution >= 4 is 5.97 Å². The number of methoxy groups -OCH3 is 2. The van der Waals surface area contributed by atoms with Crippen LogP contribution in [0, 0.1) is 5.92 Å². The number of hydrogen-bond acceptors (Lipinski definition) is 5. The molecular formula is C14H25NO4. The quantitative estimate of drug-likeness (QED) is 0.637. The summed E-state index contributed by atoms with van der Waals surface area (Å²) in [5, 5.41) is 3.47. The van der Waals surface area contributed by atoms with Crippen LogP contribution < -0.4 is 5.32 Å². The highest BCUT2D eigenvalue weighted by Crippen LogP contribution is 2.42. The number of rotatable bonds is 9. The first-order valence-corrected chi connectivity index (χ1v) is 7.09. The summed E-state index contributed by atoms with van der Waals surface area (Å²) in [7, 11) is 3.10. The smallest absolute Gasteiger partial charge is 0.328 e. The van der Waals surface area contributed by atoms with Crippen LogP contribution in [0.5, 0.6) is 0 Å². The third-order valence-corrected chi connectivity index (χ3v) is 3.86. The van der Waals surface area contributed by atoms with Gasteiger partial charge >= 0.3 is 5.97 Å². The van der Waals surface area contributed by atoms with Gasteiger partial charge in [0.1, 0.15) is 5.54 Å². The molecule has 2 aliphatic rings. The second kappa shape index (κ2) is 6.20. The Kier molecular flexibility index (Phi) is 4.81. The standard InChI is InChI=1S/C14H25NO4/c1-10(8-17-2)19-9-14(11-4-5-11,13(16)18-3)15-12-6-7-12/h10-12,15H,4-9H2,1-3H3. The van der Waals surface area contributed by atoms with E-state index in [9.17, 15) is 4.79 Å². The predicted octanol–water partition coefficient (Wildman–Crippen LogP) is 1.11. The molecule has 110 valence electrons. The molecule has 0 bridgehead atoms. The van der Waals surface area contributed by atoms with Gasteiger partial charge in [-0.15, -0.1) is 0 Å². The van der Waals surface area contributed by atoms with Crippen molar-refractivity contribution in [1.29, 1.82) is 0 Å². The Morgan fingerprint density at radius 3 is 2.47 bits per heavy atom. The van der Waals surface area contributed by atoms with Gasteiger partial charge in [-0.3, -0.25) is 5.32 Å². The summed E-state index contributed by atoms with van der Waals surface area (Å²) in [4.78, 5) is 12.3. The van der Waals surface area contributed by atoms with Crippen LogP contribution >= 0.6 is 0 Å². The number of ether oxygens (including phenoxy) is 3. The molecule has 5 heteroatoms. The topological polar surface area (TPSA) is 56.8 Å². The largest absolute Gasteiger partial charge is 0.468 e. The second-order valence-electron chi connectivity index (χ2n) is 5.73. The van der Waals surface area contributed by atoms with Crippen molar-refractivity contribution < 1.29 is 19.0 Å². The van der Waals surface area contributed by atoms with E-state index in [-0.39, 0.29) is 12.1 Å². The lowest BCUT2D eigenvalue weighted by Crippen LogP contribution is -2.59. The zero-order chi connectivity index (χ0) is 13.9. The van der Waals surface area contributed by atoms with Crippen LogP contribution in [0.1, 0.15) is 32.6 Å². The third-order valence-electron chi connectivity index (χ3n) is 3.86. The lowest BCUT2D eigenvalue weighted by Gasteiger charge is -2.33. The molecule has 0 heterocycles. The predicted molar refractivity (Wildman–Crippen MR) is 70.9 cm³/mol. The van der Waals surface area contributed by atoms with E-state index in [1.54, 1.807) is 7.11 Å². The van der Waals surface area contributed by atoms with E-state index in [0.29, 0.717) is 25.2 Å². The summed E-state index contributed by atoms with van der Waals surface area (Å²) in [6.45, 7) is 2.85. The average Bonchev–Trinajstić information content (AvgIpc) is 3.26. The normalized spacial score (nSPS) is 23.7. The molecule has 0 aliphatic heterocycles. The van der Waals surface area contributed by atoms with Gasteiger partial charge in [-0.25, -0.2) is 4.79 Å². The van der Waals surface area contributed by atoms with E-state index in [1.165, 1.54) is 7.11 Å². The molecule has 2 unspecified atom stereocenters. The van der Waals surface area contributed by atoms with Gasteiger partial charge < -0.3 is 14.2 Å². The maximum absolute atomic E-state index is 12.3. The molecule has 19 heavy (non-hydrogen) atoms. The summed E-state index contributed by atoms with van der Waals surface area (Å²) in [5.74, 6) is 0.154. The molecule has 0 amide bonds. The molecule has 0 aromatic carbocycles. The molecule has 0 aromatic heterocycles. The maximum Gasteiger partial charge on any atom is 0.328 e. The van der Waals surface area contributed by atoms with Crippen molar-refractivity contribution in [1.82, 2.24) is 5.32 Å². The lowest BCUT2D eigenvalue weighted by molar-refractivity contribution is -0.154. The molecule has 0 radical (unpaired) electrons. The van der Waals surface area contributed by atoms with E-state index in [2.05, 4.69) is 5.32 Å². The summed E-state index contributed by atoms with van der Waals surface area (Å²) in [6.07, 6.45) is 4.39. The van der Waals surface area contributed by atoms with Gasteiger partial charge in [0.25, 0.3) is 0 Å². The molecule has 0 aromatic rings. The first kappa shape index (κ1) is 14.8.